The Hall–Kier alpha value is -2.50. The minimum atomic E-state index is -3.58. The van der Waals surface area contributed by atoms with E-state index in [2.05, 4.69) is 20.7 Å². The number of aryl methyl sites for hydroxylation is 1. The standard InChI is InChI=1S/C20H28N6O3S2/c1-5-18-24-26-19(27)11-14(23-20(26)30-18)13-22-17-12-15(9-10-16(17)21-6-2)31(28,29)25(7-3)8-4/h9-12,21-22H,5-8,13H2,1-4H3. The van der Waals surface area contributed by atoms with Crippen LogP contribution in [0.2, 0.25) is 0 Å². The summed E-state index contributed by atoms with van der Waals surface area (Å²) in [5.41, 5.74) is 1.75. The summed E-state index contributed by atoms with van der Waals surface area (Å²) in [5, 5.41) is 11.6. The zero-order valence-corrected chi connectivity index (χ0v) is 19.8. The first-order valence-electron chi connectivity index (χ1n) is 10.3. The molecule has 0 saturated heterocycles. The molecule has 0 aliphatic heterocycles. The van der Waals surface area contributed by atoms with Crippen molar-refractivity contribution < 1.29 is 8.42 Å². The molecule has 0 aliphatic carbocycles. The lowest BCUT2D eigenvalue weighted by atomic mass is 10.2. The highest BCUT2D eigenvalue weighted by Gasteiger charge is 2.22. The number of hydrogen-bond acceptors (Lipinski definition) is 8. The molecule has 3 aromatic rings. The number of aromatic nitrogens is 3. The summed E-state index contributed by atoms with van der Waals surface area (Å²) in [6.45, 7) is 9.34. The van der Waals surface area contributed by atoms with Crippen molar-refractivity contribution in [2.45, 2.75) is 45.6 Å². The van der Waals surface area contributed by atoms with Crippen LogP contribution in [0.15, 0.2) is 34.0 Å². The van der Waals surface area contributed by atoms with Gasteiger partial charge in [0.05, 0.1) is 28.5 Å². The van der Waals surface area contributed by atoms with Crippen LogP contribution in [0, 0.1) is 0 Å². The van der Waals surface area contributed by atoms with Crippen molar-refractivity contribution in [2.24, 2.45) is 0 Å². The average Bonchev–Trinajstić information content (AvgIpc) is 3.18. The van der Waals surface area contributed by atoms with E-state index in [1.807, 2.05) is 27.7 Å². The van der Waals surface area contributed by atoms with Crippen LogP contribution in [0.5, 0.6) is 0 Å². The SMILES string of the molecule is CCNc1ccc(S(=O)(=O)N(CC)CC)cc1NCc1cc(=O)n2nc(CC)sc2n1. The number of anilines is 2. The van der Waals surface area contributed by atoms with Crippen LogP contribution in [0.1, 0.15) is 38.4 Å². The molecule has 0 aliphatic rings. The molecule has 3 rings (SSSR count). The third-order valence-electron chi connectivity index (χ3n) is 4.80. The number of fused-ring (bicyclic) bond motifs is 1. The predicted molar refractivity (Wildman–Crippen MR) is 125 cm³/mol. The van der Waals surface area contributed by atoms with E-state index in [9.17, 15) is 13.2 Å². The number of nitrogens with one attached hydrogen (secondary N) is 2. The Morgan fingerprint density at radius 2 is 1.81 bits per heavy atom. The van der Waals surface area contributed by atoms with E-state index in [0.717, 1.165) is 17.1 Å². The topological polar surface area (TPSA) is 109 Å². The van der Waals surface area contributed by atoms with Gasteiger partial charge in [-0.05, 0) is 31.5 Å². The molecule has 9 nitrogen and oxygen atoms in total. The van der Waals surface area contributed by atoms with E-state index in [-0.39, 0.29) is 17.0 Å². The molecule has 0 radical (unpaired) electrons. The van der Waals surface area contributed by atoms with Gasteiger partial charge in [0.15, 0.2) is 0 Å². The summed E-state index contributed by atoms with van der Waals surface area (Å²) in [4.78, 5) is 17.7. The molecule has 2 heterocycles. The highest BCUT2D eigenvalue weighted by Crippen LogP contribution is 2.27. The normalized spacial score (nSPS) is 11.9. The van der Waals surface area contributed by atoms with E-state index in [4.69, 9.17) is 0 Å². The molecule has 2 aromatic heterocycles. The Kier molecular flexibility index (Phi) is 7.29. The number of hydrogen-bond donors (Lipinski definition) is 2. The van der Waals surface area contributed by atoms with Gasteiger partial charge in [0, 0.05) is 25.7 Å². The van der Waals surface area contributed by atoms with E-state index in [1.165, 1.54) is 26.2 Å². The summed E-state index contributed by atoms with van der Waals surface area (Å²) < 4.78 is 28.6. The monoisotopic (exact) mass is 464 g/mol. The lowest BCUT2D eigenvalue weighted by Gasteiger charge is -2.20. The summed E-state index contributed by atoms with van der Waals surface area (Å²) in [5.74, 6) is 0. The molecular weight excluding hydrogens is 436 g/mol. The second-order valence-electron chi connectivity index (χ2n) is 6.81. The smallest absolute Gasteiger partial charge is 0.275 e. The van der Waals surface area contributed by atoms with Crippen LogP contribution in [0.4, 0.5) is 11.4 Å². The predicted octanol–water partition coefficient (Wildman–Crippen LogP) is 2.79. The molecule has 1 aromatic carbocycles. The Bertz CT molecular complexity index is 1220. The number of rotatable bonds is 10. The second kappa shape index (κ2) is 9.75. The Morgan fingerprint density at radius 3 is 2.45 bits per heavy atom. The van der Waals surface area contributed by atoms with Crippen molar-refractivity contribution in [1.82, 2.24) is 18.9 Å². The van der Waals surface area contributed by atoms with Gasteiger partial charge >= 0.3 is 0 Å². The molecule has 0 spiro atoms. The van der Waals surface area contributed by atoms with E-state index >= 15 is 0 Å². The molecular formula is C20H28N6O3S2. The quantitative estimate of drug-likeness (QED) is 0.475. The molecule has 168 valence electrons. The zero-order valence-electron chi connectivity index (χ0n) is 18.2. The highest BCUT2D eigenvalue weighted by atomic mass is 32.2. The van der Waals surface area contributed by atoms with Gasteiger partial charge in [-0.1, -0.05) is 32.1 Å². The molecule has 0 bridgehead atoms. The number of benzene rings is 1. The van der Waals surface area contributed by atoms with Crippen molar-refractivity contribution >= 4 is 37.7 Å². The Balaban J connectivity index is 1.92. The van der Waals surface area contributed by atoms with E-state index in [1.54, 1.807) is 18.2 Å². The summed E-state index contributed by atoms with van der Waals surface area (Å²) >= 11 is 1.39. The molecule has 2 N–H and O–H groups in total. The first-order valence-corrected chi connectivity index (χ1v) is 12.6. The Morgan fingerprint density at radius 1 is 1.06 bits per heavy atom. The first kappa shape index (κ1) is 23.2. The maximum absolute atomic E-state index is 12.9. The molecule has 0 amide bonds. The summed E-state index contributed by atoms with van der Waals surface area (Å²) in [6, 6.07) is 6.43. The van der Waals surface area contributed by atoms with Crippen LogP contribution in [0.25, 0.3) is 4.96 Å². The highest BCUT2D eigenvalue weighted by molar-refractivity contribution is 7.89. The lowest BCUT2D eigenvalue weighted by Crippen LogP contribution is -2.30. The maximum atomic E-state index is 12.9. The van der Waals surface area contributed by atoms with Gasteiger partial charge < -0.3 is 10.6 Å². The lowest BCUT2D eigenvalue weighted by molar-refractivity contribution is 0.445. The van der Waals surface area contributed by atoms with Gasteiger partial charge in [-0.15, -0.1) is 0 Å². The van der Waals surface area contributed by atoms with Crippen molar-refractivity contribution in [1.29, 1.82) is 0 Å². The number of sulfonamides is 1. The van der Waals surface area contributed by atoms with Gasteiger partial charge in [-0.3, -0.25) is 4.79 Å². The fraction of sp³-hybridized carbons (Fsp3) is 0.450. The van der Waals surface area contributed by atoms with Gasteiger partial charge in [-0.25, -0.2) is 13.4 Å². The Labute approximate surface area is 186 Å². The molecule has 0 atom stereocenters. The zero-order chi connectivity index (χ0) is 22.6. The van der Waals surface area contributed by atoms with E-state index in [0.29, 0.717) is 36.0 Å². The summed E-state index contributed by atoms with van der Waals surface area (Å²) in [6.07, 6.45) is 0.737. The van der Waals surface area contributed by atoms with Gasteiger partial charge in [0.2, 0.25) is 15.0 Å². The largest absolute Gasteiger partial charge is 0.384 e. The second-order valence-corrected chi connectivity index (χ2v) is 9.79. The average molecular weight is 465 g/mol. The molecule has 0 fully saturated rings. The van der Waals surface area contributed by atoms with Crippen molar-refractivity contribution in [3.63, 3.8) is 0 Å². The minimum absolute atomic E-state index is 0.221. The first-order chi connectivity index (χ1) is 14.8. The van der Waals surface area contributed by atoms with E-state index < -0.39 is 10.0 Å². The maximum Gasteiger partial charge on any atom is 0.275 e. The summed E-state index contributed by atoms with van der Waals surface area (Å²) in [7, 11) is -3.58. The van der Waals surface area contributed by atoms with Gasteiger partial charge in [0.25, 0.3) is 5.56 Å². The molecule has 31 heavy (non-hydrogen) atoms. The van der Waals surface area contributed by atoms with Crippen molar-refractivity contribution in [3.05, 3.63) is 45.3 Å². The number of nitrogens with zero attached hydrogens (tertiary/aromatic N) is 4. The van der Waals surface area contributed by atoms with Crippen LogP contribution < -0.4 is 16.2 Å². The molecule has 11 heteroatoms. The van der Waals surface area contributed by atoms with Crippen LogP contribution in [0.3, 0.4) is 0 Å². The van der Waals surface area contributed by atoms with Crippen LogP contribution in [-0.2, 0) is 23.0 Å². The minimum Gasteiger partial charge on any atom is -0.384 e. The molecule has 0 unspecified atom stereocenters. The van der Waals surface area contributed by atoms with Gasteiger partial charge in [-0.2, -0.15) is 13.9 Å². The fourth-order valence-electron chi connectivity index (χ4n) is 3.20. The third kappa shape index (κ3) is 4.89. The van der Waals surface area contributed by atoms with Gasteiger partial charge in [0.1, 0.15) is 5.01 Å². The fourth-order valence-corrected chi connectivity index (χ4v) is 5.54. The third-order valence-corrected chi connectivity index (χ3v) is 7.90. The van der Waals surface area contributed by atoms with Crippen molar-refractivity contribution in [3.8, 4) is 0 Å². The van der Waals surface area contributed by atoms with Crippen LogP contribution in [-0.4, -0.2) is 47.0 Å². The van der Waals surface area contributed by atoms with Crippen LogP contribution >= 0.6 is 11.3 Å². The molecule has 0 saturated carbocycles. The van der Waals surface area contributed by atoms with Crippen molar-refractivity contribution in [2.75, 3.05) is 30.3 Å².